The van der Waals surface area contributed by atoms with E-state index in [-0.39, 0.29) is 21.4 Å². The number of hydrogen-bond donors (Lipinski definition) is 2. The Morgan fingerprint density at radius 3 is 2.58 bits per heavy atom. The molecule has 1 saturated heterocycles. The van der Waals surface area contributed by atoms with Crippen LogP contribution < -0.4 is 10.5 Å². The third-order valence-corrected chi connectivity index (χ3v) is 5.91. The predicted molar refractivity (Wildman–Crippen MR) is 124 cm³/mol. The minimum Gasteiger partial charge on any atom is -0.480 e. The van der Waals surface area contributed by atoms with Crippen molar-refractivity contribution in [1.82, 2.24) is 4.90 Å². The van der Waals surface area contributed by atoms with E-state index in [1.165, 1.54) is 25.3 Å². The number of esters is 1. The summed E-state index contributed by atoms with van der Waals surface area (Å²) in [7, 11) is 1.27. The normalized spacial score (nSPS) is 15.6. The number of amides is 1. The van der Waals surface area contributed by atoms with E-state index in [1.54, 1.807) is 30.3 Å². The lowest BCUT2D eigenvalue weighted by Crippen LogP contribution is -2.33. The quantitative estimate of drug-likeness (QED) is 0.327. The van der Waals surface area contributed by atoms with Gasteiger partial charge in [0.05, 0.1) is 12.0 Å². The van der Waals surface area contributed by atoms with E-state index in [0.29, 0.717) is 11.3 Å². The highest BCUT2D eigenvalue weighted by Crippen LogP contribution is 2.33. The second-order valence-corrected chi connectivity index (χ2v) is 8.61. The largest absolute Gasteiger partial charge is 0.480 e. The number of benzene rings is 2. The number of aliphatic carboxylic acids is 1. The monoisotopic (exact) mass is 490 g/mol. The average molecular weight is 491 g/mol. The lowest BCUT2D eigenvalue weighted by Gasteiger charge is -2.11. The van der Waals surface area contributed by atoms with Gasteiger partial charge in [0.1, 0.15) is 22.7 Å². The molecule has 0 bridgehead atoms. The highest BCUT2D eigenvalue weighted by molar-refractivity contribution is 8.26. The summed E-state index contributed by atoms with van der Waals surface area (Å²) in [5, 5.41) is 8.89. The first-order chi connectivity index (χ1) is 15.7. The van der Waals surface area contributed by atoms with Crippen LogP contribution in [0.15, 0.2) is 47.4 Å². The number of carboxylic acids is 1. The zero-order valence-corrected chi connectivity index (χ0v) is 19.0. The number of nitrogens with zero attached hydrogens (tertiary/aromatic N) is 1. The van der Waals surface area contributed by atoms with Crippen LogP contribution in [-0.2, 0) is 25.5 Å². The number of methoxy groups -OCH3 is 1. The Labute approximate surface area is 198 Å². The van der Waals surface area contributed by atoms with E-state index in [1.807, 2.05) is 0 Å². The van der Waals surface area contributed by atoms with Crippen molar-refractivity contribution >= 4 is 52.2 Å². The van der Waals surface area contributed by atoms with E-state index in [4.69, 9.17) is 27.8 Å². The molecule has 0 aromatic heterocycles. The van der Waals surface area contributed by atoms with E-state index in [2.05, 4.69) is 4.74 Å². The Balaban J connectivity index is 1.68. The molecule has 0 spiro atoms. The third-order valence-electron chi connectivity index (χ3n) is 4.53. The number of carboxylic acid groups (broad SMARTS) is 1. The number of thiocarbonyl (C=S) groups is 1. The van der Waals surface area contributed by atoms with Crippen molar-refractivity contribution in [2.24, 2.45) is 5.73 Å². The fourth-order valence-electron chi connectivity index (χ4n) is 2.92. The van der Waals surface area contributed by atoms with Gasteiger partial charge in [0.2, 0.25) is 0 Å². The Hall–Kier alpha value is -3.28. The van der Waals surface area contributed by atoms with E-state index < -0.39 is 36.2 Å². The summed E-state index contributed by atoms with van der Waals surface area (Å²) in [6.07, 6.45) is 1.72. The van der Waals surface area contributed by atoms with Gasteiger partial charge in [-0.15, -0.1) is 0 Å². The van der Waals surface area contributed by atoms with Crippen molar-refractivity contribution in [3.8, 4) is 11.5 Å². The Morgan fingerprint density at radius 1 is 1.27 bits per heavy atom. The molecule has 11 heteroatoms. The van der Waals surface area contributed by atoms with Crippen molar-refractivity contribution in [1.29, 1.82) is 0 Å². The highest BCUT2D eigenvalue weighted by atomic mass is 32.2. The second kappa shape index (κ2) is 10.6. The van der Waals surface area contributed by atoms with Crippen molar-refractivity contribution < 1.29 is 33.4 Å². The molecule has 0 unspecified atom stereocenters. The molecule has 3 rings (SSSR count). The van der Waals surface area contributed by atoms with E-state index in [0.717, 1.165) is 22.2 Å². The summed E-state index contributed by atoms with van der Waals surface area (Å²) in [5.41, 5.74) is 6.92. The van der Waals surface area contributed by atoms with Crippen LogP contribution in [0, 0.1) is 5.82 Å². The van der Waals surface area contributed by atoms with Crippen LogP contribution in [-0.4, -0.2) is 51.9 Å². The molecule has 1 aliphatic heterocycles. The molecule has 33 heavy (non-hydrogen) atoms. The first-order valence-corrected chi connectivity index (χ1v) is 10.8. The van der Waals surface area contributed by atoms with Crippen LogP contribution in [0.4, 0.5) is 4.39 Å². The zero-order valence-electron chi connectivity index (χ0n) is 17.3. The number of nitrogens with two attached hydrogens (primary N) is 1. The number of halogens is 1. The Bertz CT molecular complexity index is 1140. The number of hydrogen-bond acceptors (Lipinski definition) is 8. The lowest BCUT2D eigenvalue weighted by atomic mass is 10.1. The molecule has 1 atom stereocenters. The van der Waals surface area contributed by atoms with Gasteiger partial charge in [0, 0.05) is 0 Å². The van der Waals surface area contributed by atoms with E-state index >= 15 is 0 Å². The van der Waals surface area contributed by atoms with Crippen LogP contribution in [0.25, 0.3) is 6.08 Å². The molecule has 2 aromatic rings. The topological polar surface area (TPSA) is 119 Å². The predicted octanol–water partition coefficient (Wildman–Crippen LogP) is 2.95. The molecule has 3 N–H and O–H groups in total. The van der Waals surface area contributed by atoms with Gasteiger partial charge in [-0.25, -0.2) is 4.39 Å². The van der Waals surface area contributed by atoms with Crippen molar-refractivity contribution in [2.75, 3.05) is 13.7 Å². The van der Waals surface area contributed by atoms with Crippen molar-refractivity contribution in [2.45, 2.75) is 12.5 Å². The lowest BCUT2D eigenvalue weighted by molar-refractivity contribution is -0.142. The summed E-state index contributed by atoms with van der Waals surface area (Å²) >= 11 is 5.99. The van der Waals surface area contributed by atoms with Crippen molar-refractivity contribution in [3.05, 3.63) is 64.3 Å². The summed E-state index contributed by atoms with van der Waals surface area (Å²) < 4.78 is 24.9. The molecule has 1 aliphatic rings. The van der Waals surface area contributed by atoms with Crippen LogP contribution in [0.5, 0.6) is 11.5 Å². The van der Waals surface area contributed by atoms with Crippen LogP contribution >= 0.6 is 24.0 Å². The molecule has 2 aromatic carbocycles. The maximum Gasteiger partial charge on any atom is 0.323 e. The Kier molecular flexibility index (Phi) is 7.79. The molecular formula is C22H19FN2O6S2. The highest BCUT2D eigenvalue weighted by Gasteiger charge is 2.33. The zero-order chi connectivity index (χ0) is 24.1. The number of carbonyl (C=O) groups excluding carboxylic acids is 2. The molecule has 172 valence electrons. The standard InChI is InChI=1S/C22H19FN2O6S2/c1-30-21(29)16(24)9-12-2-5-14(6-3-12)31-17-7-4-13(8-15(17)23)10-18-20(28)25(11-19(26)27)22(32)33-18/h2-8,10,16H,9,11,24H2,1H3,(H,26,27)/t16-/m0/s1. The van der Waals surface area contributed by atoms with Gasteiger partial charge in [-0.05, 0) is 47.9 Å². The SMILES string of the molecule is COC(=O)[C@@H](N)Cc1ccc(Oc2ccc(C=C3SC(=S)N(CC(=O)O)C3=O)cc2F)cc1. The van der Waals surface area contributed by atoms with Gasteiger partial charge in [0.15, 0.2) is 11.6 Å². The van der Waals surface area contributed by atoms with Gasteiger partial charge in [0.25, 0.3) is 5.91 Å². The molecular weight excluding hydrogens is 471 g/mol. The first-order valence-electron chi connectivity index (χ1n) is 9.55. The first kappa shape index (κ1) is 24.4. The average Bonchev–Trinajstić information content (AvgIpc) is 3.03. The molecule has 0 radical (unpaired) electrons. The van der Waals surface area contributed by atoms with Gasteiger partial charge in [-0.1, -0.05) is 42.2 Å². The van der Waals surface area contributed by atoms with E-state index in [9.17, 15) is 18.8 Å². The second-order valence-electron chi connectivity index (χ2n) is 6.93. The van der Waals surface area contributed by atoms with Gasteiger partial charge >= 0.3 is 11.9 Å². The van der Waals surface area contributed by atoms with Gasteiger partial charge in [-0.3, -0.25) is 19.3 Å². The van der Waals surface area contributed by atoms with Crippen LogP contribution in [0.3, 0.4) is 0 Å². The van der Waals surface area contributed by atoms with Crippen molar-refractivity contribution in [3.63, 3.8) is 0 Å². The molecule has 1 fully saturated rings. The smallest absolute Gasteiger partial charge is 0.323 e. The summed E-state index contributed by atoms with van der Waals surface area (Å²) in [4.78, 5) is 35.8. The fraction of sp³-hybridized carbons (Fsp3) is 0.182. The van der Waals surface area contributed by atoms with Crippen LogP contribution in [0.1, 0.15) is 11.1 Å². The summed E-state index contributed by atoms with van der Waals surface area (Å²) in [6.45, 7) is -0.531. The number of ether oxygens (including phenoxy) is 2. The molecule has 0 aliphatic carbocycles. The maximum atomic E-state index is 14.6. The molecule has 1 heterocycles. The minimum atomic E-state index is -1.18. The number of carbonyl (C=O) groups is 3. The number of thioether (sulfide) groups is 1. The van der Waals surface area contributed by atoms with Gasteiger partial charge in [-0.2, -0.15) is 0 Å². The van der Waals surface area contributed by atoms with Gasteiger partial charge < -0.3 is 20.3 Å². The fourth-order valence-corrected chi connectivity index (χ4v) is 4.18. The van der Waals surface area contributed by atoms with Crippen LogP contribution in [0.2, 0.25) is 0 Å². The Morgan fingerprint density at radius 2 is 1.97 bits per heavy atom. The minimum absolute atomic E-state index is 0.0235. The maximum absolute atomic E-state index is 14.6. The molecule has 8 nitrogen and oxygen atoms in total. The summed E-state index contributed by atoms with van der Waals surface area (Å²) in [5.74, 6) is -2.53. The summed E-state index contributed by atoms with van der Waals surface area (Å²) in [6, 6.07) is 10.1. The molecule has 1 amide bonds. The third kappa shape index (κ3) is 6.15. The molecule has 0 saturated carbocycles. The number of rotatable bonds is 8.